The summed E-state index contributed by atoms with van der Waals surface area (Å²) >= 11 is 0. The lowest BCUT2D eigenvalue weighted by Gasteiger charge is -2.38. The van der Waals surface area contributed by atoms with E-state index < -0.39 is 0 Å². The van der Waals surface area contributed by atoms with E-state index >= 15 is 0 Å². The number of aliphatic hydroxyl groups excluding tert-OH is 2. The van der Waals surface area contributed by atoms with Crippen LogP contribution in [0.2, 0.25) is 0 Å². The van der Waals surface area contributed by atoms with Gasteiger partial charge in [0, 0.05) is 38.8 Å². The third-order valence-corrected chi connectivity index (χ3v) is 2.70. The summed E-state index contributed by atoms with van der Waals surface area (Å²) in [5.74, 6) is 0. The maximum absolute atomic E-state index is 9.09. The van der Waals surface area contributed by atoms with Crippen molar-refractivity contribution >= 4 is 0 Å². The highest BCUT2D eigenvalue weighted by Crippen LogP contribution is 2.07. The predicted octanol–water partition coefficient (Wildman–Crippen LogP) is -1.02. The van der Waals surface area contributed by atoms with Gasteiger partial charge in [-0.05, 0) is 13.5 Å². The number of rotatable bonds is 4. The molecule has 0 aliphatic carbocycles. The Labute approximate surface area is 79.8 Å². The molecule has 1 saturated heterocycles. The van der Waals surface area contributed by atoms with E-state index in [1.807, 2.05) is 7.05 Å². The molecule has 2 N–H and O–H groups in total. The number of hydrogen-bond donors (Lipinski definition) is 2. The van der Waals surface area contributed by atoms with Crippen LogP contribution in [0.3, 0.4) is 0 Å². The zero-order chi connectivity index (χ0) is 9.68. The van der Waals surface area contributed by atoms with Crippen molar-refractivity contribution in [3.05, 3.63) is 0 Å². The van der Waals surface area contributed by atoms with Gasteiger partial charge in [-0.2, -0.15) is 0 Å². The van der Waals surface area contributed by atoms with Gasteiger partial charge in [0.1, 0.15) is 0 Å². The minimum atomic E-state index is 0.228. The van der Waals surface area contributed by atoms with Gasteiger partial charge in [-0.1, -0.05) is 0 Å². The number of likely N-dealkylation sites (N-methyl/N-ethyl adjacent to an activating group) is 1. The highest BCUT2D eigenvalue weighted by Gasteiger charge is 2.22. The van der Waals surface area contributed by atoms with Gasteiger partial charge in [0.25, 0.3) is 0 Å². The standard InChI is InChI=1S/C9H20N2O2/c1-10-4-5-11(3-2-6-12)7-9(10)8-13/h9,12-13H,2-8H2,1H3/t9-/m0/s1. The molecule has 4 nitrogen and oxygen atoms in total. The van der Waals surface area contributed by atoms with E-state index in [1.165, 1.54) is 0 Å². The molecule has 1 rings (SSSR count). The van der Waals surface area contributed by atoms with Crippen LogP contribution in [0.4, 0.5) is 0 Å². The molecule has 13 heavy (non-hydrogen) atoms. The number of hydrogen-bond acceptors (Lipinski definition) is 4. The summed E-state index contributed by atoms with van der Waals surface area (Å²) in [6.07, 6.45) is 0.835. The summed E-state index contributed by atoms with van der Waals surface area (Å²) in [4.78, 5) is 4.49. The largest absolute Gasteiger partial charge is 0.396 e. The molecule has 1 aliphatic rings. The van der Waals surface area contributed by atoms with Gasteiger partial charge in [0.15, 0.2) is 0 Å². The van der Waals surface area contributed by atoms with Gasteiger partial charge in [-0.25, -0.2) is 0 Å². The molecule has 0 amide bonds. The van der Waals surface area contributed by atoms with Crippen LogP contribution in [-0.4, -0.2) is 72.5 Å². The maximum Gasteiger partial charge on any atom is 0.0599 e. The first-order valence-electron chi connectivity index (χ1n) is 4.92. The van der Waals surface area contributed by atoms with E-state index in [-0.39, 0.29) is 19.3 Å². The summed E-state index contributed by atoms with van der Waals surface area (Å²) in [5.41, 5.74) is 0. The van der Waals surface area contributed by atoms with Crippen molar-refractivity contribution in [1.82, 2.24) is 9.80 Å². The summed E-state index contributed by atoms with van der Waals surface area (Å²) in [6.45, 7) is 4.42. The van der Waals surface area contributed by atoms with Crippen LogP contribution >= 0.6 is 0 Å². The van der Waals surface area contributed by atoms with Crippen molar-refractivity contribution in [2.24, 2.45) is 0 Å². The Morgan fingerprint density at radius 1 is 1.31 bits per heavy atom. The second-order valence-corrected chi connectivity index (χ2v) is 3.69. The minimum absolute atomic E-state index is 0.228. The van der Waals surface area contributed by atoms with E-state index in [9.17, 15) is 0 Å². The van der Waals surface area contributed by atoms with E-state index in [1.54, 1.807) is 0 Å². The van der Waals surface area contributed by atoms with Crippen LogP contribution in [0.5, 0.6) is 0 Å². The molecule has 0 saturated carbocycles. The highest BCUT2D eigenvalue weighted by atomic mass is 16.3. The molecule has 0 unspecified atom stereocenters. The Morgan fingerprint density at radius 2 is 2.08 bits per heavy atom. The molecular weight excluding hydrogens is 168 g/mol. The lowest BCUT2D eigenvalue weighted by molar-refractivity contribution is 0.0548. The van der Waals surface area contributed by atoms with Crippen molar-refractivity contribution < 1.29 is 10.2 Å². The molecule has 1 atom stereocenters. The molecule has 0 radical (unpaired) electrons. The summed E-state index contributed by atoms with van der Waals surface area (Å²) in [7, 11) is 2.05. The van der Waals surface area contributed by atoms with E-state index in [0.29, 0.717) is 0 Å². The lowest BCUT2D eigenvalue weighted by atomic mass is 10.2. The van der Waals surface area contributed by atoms with E-state index in [4.69, 9.17) is 10.2 Å². The quantitative estimate of drug-likeness (QED) is 0.593. The average molecular weight is 188 g/mol. The summed E-state index contributed by atoms with van der Waals surface area (Å²) < 4.78 is 0. The average Bonchev–Trinajstić information content (AvgIpc) is 2.16. The molecule has 1 heterocycles. The smallest absolute Gasteiger partial charge is 0.0599 e. The Balaban J connectivity index is 2.27. The van der Waals surface area contributed by atoms with Gasteiger partial charge in [-0.15, -0.1) is 0 Å². The number of nitrogens with zero attached hydrogens (tertiary/aromatic N) is 2. The monoisotopic (exact) mass is 188 g/mol. The highest BCUT2D eigenvalue weighted by molar-refractivity contribution is 4.79. The minimum Gasteiger partial charge on any atom is -0.396 e. The van der Waals surface area contributed by atoms with Crippen LogP contribution in [0, 0.1) is 0 Å². The molecule has 78 valence electrons. The second-order valence-electron chi connectivity index (χ2n) is 3.69. The molecular formula is C9H20N2O2. The van der Waals surface area contributed by atoms with Crippen molar-refractivity contribution in [2.45, 2.75) is 12.5 Å². The first-order valence-corrected chi connectivity index (χ1v) is 4.92. The Morgan fingerprint density at radius 3 is 2.69 bits per heavy atom. The van der Waals surface area contributed by atoms with Crippen LogP contribution < -0.4 is 0 Å². The SMILES string of the molecule is CN1CCN(CCCO)C[C@H]1CO. The van der Waals surface area contributed by atoms with Gasteiger partial charge in [-0.3, -0.25) is 4.90 Å². The van der Waals surface area contributed by atoms with E-state index in [0.717, 1.165) is 32.6 Å². The predicted molar refractivity (Wildman–Crippen MR) is 51.6 cm³/mol. The molecule has 1 fully saturated rings. The Hall–Kier alpha value is -0.160. The summed E-state index contributed by atoms with van der Waals surface area (Å²) in [6, 6.07) is 0.271. The number of aliphatic hydroxyl groups is 2. The molecule has 4 heteroatoms. The Kier molecular flexibility index (Phi) is 4.66. The third kappa shape index (κ3) is 3.23. The topological polar surface area (TPSA) is 46.9 Å². The van der Waals surface area contributed by atoms with Crippen molar-refractivity contribution in [3.8, 4) is 0 Å². The third-order valence-electron chi connectivity index (χ3n) is 2.70. The fraction of sp³-hybridized carbons (Fsp3) is 1.00. The zero-order valence-corrected chi connectivity index (χ0v) is 8.32. The first-order chi connectivity index (χ1) is 6.27. The molecule has 0 aromatic heterocycles. The van der Waals surface area contributed by atoms with Gasteiger partial charge in [0.2, 0.25) is 0 Å². The first kappa shape index (κ1) is 10.9. The zero-order valence-electron chi connectivity index (χ0n) is 8.32. The molecule has 0 bridgehead atoms. The van der Waals surface area contributed by atoms with Crippen LogP contribution in [0.15, 0.2) is 0 Å². The molecule has 1 aliphatic heterocycles. The van der Waals surface area contributed by atoms with Crippen LogP contribution in [0.1, 0.15) is 6.42 Å². The fourth-order valence-corrected chi connectivity index (χ4v) is 1.70. The van der Waals surface area contributed by atoms with E-state index in [2.05, 4.69) is 9.80 Å². The van der Waals surface area contributed by atoms with Crippen LogP contribution in [0.25, 0.3) is 0 Å². The van der Waals surface area contributed by atoms with Gasteiger partial charge >= 0.3 is 0 Å². The van der Waals surface area contributed by atoms with Crippen LogP contribution in [-0.2, 0) is 0 Å². The Bertz CT molecular complexity index is 142. The van der Waals surface area contributed by atoms with Crippen molar-refractivity contribution in [2.75, 3.05) is 46.4 Å². The van der Waals surface area contributed by atoms with Crippen molar-refractivity contribution in [1.29, 1.82) is 0 Å². The van der Waals surface area contributed by atoms with Gasteiger partial charge in [0.05, 0.1) is 6.61 Å². The normalized spacial score (nSPS) is 26.5. The summed E-state index contributed by atoms with van der Waals surface area (Å²) in [5, 5.41) is 17.8. The molecule has 0 aromatic carbocycles. The lowest BCUT2D eigenvalue weighted by Crippen LogP contribution is -2.53. The number of piperazine rings is 1. The second kappa shape index (κ2) is 5.54. The maximum atomic E-state index is 9.09. The fourth-order valence-electron chi connectivity index (χ4n) is 1.70. The van der Waals surface area contributed by atoms with Gasteiger partial charge < -0.3 is 15.1 Å². The molecule has 0 spiro atoms. The van der Waals surface area contributed by atoms with Crippen molar-refractivity contribution in [3.63, 3.8) is 0 Å². The molecule has 0 aromatic rings.